The predicted octanol–water partition coefficient (Wildman–Crippen LogP) is 6.48. The predicted molar refractivity (Wildman–Crippen MR) is 130 cm³/mol. The highest BCUT2D eigenvalue weighted by atomic mass is 35.5. The third-order valence-electron chi connectivity index (χ3n) is 4.76. The first-order valence-corrected chi connectivity index (χ1v) is 10.8. The number of hydrogen-bond acceptors (Lipinski definition) is 4. The molecule has 0 fully saturated rings. The molecular weight excluding hydrogens is 471 g/mol. The molecule has 0 radical (unpaired) electrons. The minimum Gasteiger partial charge on any atom is -0.505 e. The maximum atomic E-state index is 13.4. The number of anilines is 1. The van der Waals surface area contributed by atoms with E-state index in [9.17, 15) is 9.90 Å². The lowest BCUT2D eigenvalue weighted by molar-refractivity contribution is -0.110. The summed E-state index contributed by atoms with van der Waals surface area (Å²) in [5, 5.41) is 13.1. The molecule has 0 spiro atoms. The SMILES string of the molecule is CCn1c(C(=Nc2cc(Cl)c(O)c(Cl)c2)C(=O)Nc2ccccc2Cl)nc2ccccc21. The second-order valence-corrected chi connectivity index (χ2v) is 8.04. The Hall–Kier alpha value is -3.06. The molecule has 0 aliphatic heterocycles. The van der Waals surface area contributed by atoms with Gasteiger partial charge in [-0.15, -0.1) is 0 Å². The minimum atomic E-state index is -0.511. The van der Waals surface area contributed by atoms with Crippen LogP contribution in [0.4, 0.5) is 11.4 Å². The molecule has 4 aromatic rings. The zero-order valence-corrected chi connectivity index (χ0v) is 19.1. The number of nitrogens with one attached hydrogen (secondary N) is 1. The van der Waals surface area contributed by atoms with Gasteiger partial charge in [-0.2, -0.15) is 0 Å². The molecule has 1 heterocycles. The monoisotopic (exact) mass is 486 g/mol. The fourth-order valence-corrected chi connectivity index (χ4v) is 3.93. The zero-order chi connectivity index (χ0) is 22.8. The van der Waals surface area contributed by atoms with Crippen LogP contribution < -0.4 is 5.32 Å². The number of rotatable bonds is 5. The first-order valence-electron chi connectivity index (χ1n) is 9.67. The highest BCUT2D eigenvalue weighted by Crippen LogP contribution is 2.36. The number of amides is 1. The van der Waals surface area contributed by atoms with Crippen LogP contribution in [0.15, 0.2) is 65.7 Å². The summed E-state index contributed by atoms with van der Waals surface area (Å²) in [6.07, 6.45) is 0. The lowest BCUT2D eigenvalue weighted by atomic mass is 10.2. The number of aromatic nitrogens is 2. The van der Waals surface area contributed by atoms with E-state index in [2.05, 4.69) is 15.3 Å². The molecule has 9 heteroatoms. The Bertz CT molecular complexity index is 1340. The summed E-state index contributed by atoms with van der Waals surface area (Å²) >= 11 is 18.3. The highest BCUT2D eigenvalue weighted by Gasteiger charge is 2.23. The average Bonchev–Trinajstić information content (AvgIpc) is 3.15. The Kier molecular flexibility index (Phi) is 6.37. The molecule has 0 saturated heterocycles. The second kappa shape index (κ2) is 9.20. The number of phenolic OH excluding ortho intramolecular Hbond substituents is 1. The maximum Gasteiger partial charge on any atom is 0.278 e. The van der Waals surface area contributed by atoms with Gasteiger partial charge in [0.15, 0.2) is 17.3 Å². The molecule has 4 rings (SSSR count). The molecule has 2 N–H and O–H groups in total. The van der Waals surface area contributed by atoms with Crippen LogP contribution in [0.2, 0.25) is 15.1 Å². The van der Waals surface area contributed by atoms with Crippen molar-refractivity contribution in [1.82, 2.24) is 9.55 Å². The van der Waals surface area contributed by atoms with E-state index in [1.165, 1.54) is 12.1 Å². The summed E-state index contributed by atoms with van der Waals surface area (Å²) < 4.78 is 1.89. The summed E-state index contributed by atoms with van der Waals surface area (Å²) in [4.78, 5) is 22.6. The summed E-state index contributed by atoms with van der Waals surface area (Å²) in [7, 11) is 0. The Morgan fingerprint density at radius 2 is 1.69 bits per heavy atom. The summed E-state index contributed by atoms with van der Waals surface area (Å²) in [6, 6.07) is 17.3. The molecule has 1 amide bonds. The van der Waals surface area contributed by atoms with Crippen LogP contribution >= 0.6 is 34.8 Å². The molecule has 162 valence electrons. The van der Waals surface area contributed by atoms with Gasteiger partial charge in [0.2, 0.25) is 0 Å². The van der Waals surface area contributed by atoms with Gasteiger partial charge in [0.05, 0.1) is 37.5 Å². The largest absolute Gasteiger partial charge is 0.505 e. The van der Waals surface area contributed by atoms with Gasteiger partial charge in [0.25, 0.3) is 5.91 Å². The smallest absolute Gasteiger partial charge is 0.278 e. The van der Waals surface area contributed by atoms with Crippen molar-refractivity contribution in [3.05, 3.63) is 81.6 Å². The van der Waals surface area contributed by atoms with E-state index in [1.807, 2.05) is 35.8 Å². The number of halogens is 3. The number of carbonyl (C=O) groups excluding carboxylic acids is 1. The van der Waals surface area contributed by atoms with Gasteiger partial charge in [-0.25, -0.2) is 9.98 Å². The number of phenols is 1. The van der Waals surface area contributed by atoms with Crippen LogP contribution in [0.5, 0.6) is 5.75 Å². The molecule has 32 heavy (non-hydrogen) atoms. The van der Waals surface area contributed by atoms with E-state index in [4.69, 9.17) is 34.8 Å². The molecule has 0 unspecified atom stereocenters. The van der Waals surface area contributed by atoms with Gasteiger partial charge in [-0.05, 0) is 43.3 Å². The Balaban J connectivity index is 1.89. The van der Waals surface area contributed by atoms with Crippen molar-refractivity contribution >= 4 is 68.8 Å². The number of fused-ring (bicyclic) bond motifs is 1. The van der Waals surface area contributed by atoms with Crippen molar-refractivity contribution in [2.45, 2.75) is 13.5 Å². The lowest BCUT2D eigenvalue weighted by Crippen LogP contribution is -2.27. The van der Waals surface area contributed by atoms with E-state index < -0.39 is 5.91 Å². The van der Waals surface area contributed by atoms with Gasteiger partial charge >= 0.3 is 0 Å². The van der Waals surface area contributed by atoms with Crippen molar-refractivity contribution in [3.8, 4) is 5.75 Å². The van der Waals surface area contributed by atoms with Crippen LogP contribution in [0.3, 0.4) is 0 Å². The normalized spacial score (nSPS) is 11.7. The van der Waals surface area contributed by atoms with Crippen LogP contribution in [0, 0.1) is 0 Å². The van der Waals surface area contributed by atoms with Crippen LogP contribution in [-0.4, -0.2) is 26.3 Å². The molecule has 0 atom stereocenters. The van der Waals surface area contributed by atoms with Crippen LogP contribution in [0.1, 0.15) is 12.7 Å². The van der Waals surface area contributed by atoms with Gasteiger partial charge < -0.3 is 15.0 Å². The number of nitrogens with zero attached hydrogens (tertiary/aromatic N) is 3. The number of aliphatic imine (C=N–C) groups is 1. The van der Waals surface area contributed by atoms with Crippen molar-refractivity contribution < 1.29 is 9.90 Å². The fourth-order valence-electron chi connectivity index (χ4n) is 3.27. The number of benzene rings is 3. The van der Waals surface area contributed by atoms with E-state index in [0.29, 0.717) is 23.1 Å². The van der Waals surface area contributed by atoms with E-state index in [0.717, 1.165) is 11.0 Å². The van der Waals surface area contributed by atoms with Gasteiger partial charge in [-0.1, -0.05) is 59.1 Å². The maximum absolute atomic E-state index is 13.4. The number of hydrogen-bond donors (Lipinski definition) is 2. The first kappa shape index (κ1) is 22.1. The van der Waals surface area contributed by atoms with E-state index >= 15 is 0 Å². The fraction of sp³-hybridized carbons (Fsp3) is 0.0870. The Morgan fingerprint density at radius 1 is 1.03 bits per heavy atom. The Morgan fingerprint density at radius 3 is 2.38 bits per heavy atom. The van der Waals surface area contributed by atoms with Crippen molar-refractivity contribution in [2.75, 3.05) is 5.32 Å². The molecule has 0 bridgehead atoms. The molecule has 6 nitrogen and oxygen atoms in total. The highest BCUT2D eigenvalue weighted by molar-refractivity contribution is 6.49. The average molecular weight is 488 g/mol. The molecule has 1 aromatic heterocycles. The number of carbonyl (C=O) groups is 1. The van der Waals surface area contributed by atoms with E-state index in [1.54, 1.807) is 24.3 Å². The van der Waals surface area contributed by atoms with Crippen LogP contribution in [-0.2, 0) is 11.3 Å². The van der Waals surface area contributed by atoms with Gasteiger partial charge in [0, 0.05) is 6.54 Å². The summed E-state index contributed by atoms with van der Waals surface area (Å²) in [5.41, 5.74) is 2.36. The van der Waals surface area contributed by atoms with Crippen molar-refractivity contribution in [2.24, 2.45) is 4.99 Å². The first-order chi connectivity index (χ1) is 15.4. The third-order valence-corrected chi connectivity index (χ3v) is 5.67. The molecule has 0 saturated carbocycles. The zero-order valence-electron chi connectivity index (χ0n) is 16.8. The lowest BCUT2D eigenvalue weighted by Gasteiger charge is -2.12. The molecule has 3 aromatic carbocycles. The Labute approximate surface area is 199 Å². The van der Waals surface area contributed by atoms with Crippen LogP contribution in [0.25, 0.3) is 11.0 Å². The minimum absolute atomic E-state index is 0.0195. The summed E-state index contributed by atoms with van der Waals surface area (Å²) in [5.74, 6) is -0.392. The number of imidazole rings is 1. The molecular formula is C23H17Cl3N4O2. The number of aryl methyl sites for hydroxylation is 1. The number of para-hydroxylation sites is 3. The summed E-state index contributed by atoms with van der Waals surface area (Å²) in [6.45, 7) is 2.51. The quantitative estimate of drug-likeness (QED) is 0.316. The van der Waals surface area contributed by atoms with Crippen molar-refractivity contribution in [1.29, 1.82) is 0 Å². The van der Waals surface area contributed by atoms with E-state index in [-0.39, 0.29) is 27.2 Å². The molecule has 0 aliphatic carbocycles. The second-order valence-electron chi connectivity index (χ2n) is 6.82. The van der Waals surface area contributed by atoms with Crippen molar-refractivity contribution in [3.63, 3.8) is 0 Å². The topological polar surface area (TPSA) is 79.5 Å². The third kappa shape index (κ3) is 4.30. The van der Waals surface area contributed by atoms with Gasteiger partial charge in [0.1, 0.15) is 0 Å². The van der Waals surface area contributed by atoms with Gasteiger partial charge in [-0.3, -0.25) is 4.79 Å². The molecule has 0 aliphatic rings. The number of aromatic hydroxyl groups is 1. The standard InChI is InChI=1S/C23H17Cl3N4O2/c1-2-30-19-10-6-5-9-18(19)28-22(30)20(23(32)29-17-8-4-3-7-14(17)24)27-13-11-15(25)21(31)16(26)12-13/h3-12,31H,2H2,1H3,(H,29,32).